The highest BCUT2D eigenvalue weighted by atomic mass is 35.5. The molecule has 0 unspecified atom stereocenters. The van der Waals surface area contributed by atoms with E-state index in [0.717, 1.165) is 19.3 Å². The Hall–Kier alpha value is -1.30. The van der Waals surface area contributed by atoms with Crippen molar-refractivity contribution in [3.05, 3.63) is 28.2 Å². The van der Waals surface area contributed by atoms with Crippen molar-refractivity contribution in [2.75, 3.05) is 13.2 Å². The fourth-order valence-electron chi connectivity index (χ4n) is 3.05. The van der Waals surface area contributed by atoms with E-state index in [1.165, 1.54) is 0 Å². The SMILES string of the molecule is O=C(CCCOc1ccc(Cl)cc1Cl)CN[C@H]1CCCC[C@@H]1C(=O)O. The van der Waals surface area contributed by atoms with Crippen molar-refractivity contribution in [3.63, 3.8) is 0 Å². The zero-order valence-electron chi connectivity index (χ0n) is 14.0. The van der Waals surface area contributed by atoms with Gasteiger partial charge in [0.2, 0.25) is 0 Å². The van der Waals surface area contributed by atoms with Crippen LogP contribution in [0.25, 0.3) is 0 Å². The van der Waals surface area contributed by atoms with Crippen LogP contribution < -0.4 is 10.1 Å². The van der Waals surface area contributed by atoms with E-state index in [4.69, 9.17) is 27.9 Å². The first-order valence-electron chi connectivity index (χ1n) is 8.53. The summed E-state index contributed by atoms with van der Waals surface area (Å²) in [4.78, 5) is 23.2. The first-order chi connectivity index (χ1) is 12.0. The van der Waals surface area contributed by atoms with Crippen LogP contribution >= 0.6 is 23.2 Å². The van der Waals surface area contributed by atoms with Gasteiger partial charge in [0.15, 0.2) is 0 Å². The van der Waals surface area contributed by atoms with E-state index in [2.05, 4.69) is 5.32 Å². The summed E-state index contributed by atoms with van der Waals surface area (Å²) < 4.78 is 5.54. The van der Waals surface area contributed by atoms with Gasteiger partial charge in [-0.2, -0.15) is 0 Å². The van der Waals surface area contributed by atoms with Crippen molar-refractivity contribution in [1.82, 2.24) is 5.32 Å². The molecule has 2 rings (SSSR count). The molecular formula is C18H23Cl2NO4. The third kappa shape index (κ3) is 6.49. The van der Waals surface area contributed by atoms with Gasteiger partial charge in [-0.1, -0.05) is 36.0 Å². The third-order valence-corrected chi connectivity index (χ3v) is 4.93. The van der Waals surface area contributed by atoms with Crippen LogP contribution in [-0.4, -0.2) is 36.1 Å². The normalized spacial score (nSPS) is 20.2. The van der Waals surface area contributed by atoms with Gasteiger partial charge >= 0.3 is 5.97 Å². The van der Waals surface area contributed by atoms with E-state index in [1.807, 2.05) is 0 Å². The average molecular weight is 388 g/mol. The number of carbonyl (C=O) groups is 2. The summed E-state index contributed by atoms with van der Waals surface area (Å²) in [6, 6.07) is 4.89. The Bertz CT molecular complexity index is 609. The summed E-state index contributed by atoms with van der Waals surface area (Å²) in [5, 5.41) is 13.3. The quantitative estimate of drug-likeness (QED) is 0.627. The fourth-order valence-corrected chi connectivity index (χ4v) is 3.51. The fraction of sp³-hybridized carbons (Fsp3) is 0.556. The molecule has 25 heavy (non-hydrogen) atoms. The average Bonchev–Trinajstić information content (AvgIpc) is 2.58. The third-order valence-electron chi connectivity index (χ3n) is 4.40. The zero-order chi connectivity index (χ0) is 18.2. The molecule has 0 amide bonds. The van der Waals surface area contributed by atoms with Crippen molar-refractivity contribution in [2.24, 2.45) is 5.92 Å². The van der Waals surface area contributed by atoms with E-state index >= 15 is 0 Å². The number of nitrogens with one attached hydrogen (secondary N) is 1. The predicted octanol–water partition coefficient (Wildman–Crippen LogP) is 3.95. The molecule has 0 saturated heterocycles. The van der Waals surface area contributed by atoms with Crippen LogP contribution in [0.15, 0.2) is 18.2 Å². The first-order valence-corrected chi connectivity index (χ1v) is 9.28. The number of ketones is 1. The van der Waals surface area contributed by atoms with Gasteiger partial charge in [-0.15, -0.1) is 0 Å². The second kappa shape index (κ2) is 10.00. The van der Waals surface area contributed by atoms with Crippen LogP contribution in [0.3, 0.4) is 0 Å². The van der Waals surface area contributed by atoms with Crippen molar-refractivity contribution >= 4 is 35.0 Å². The largest absolute Gasteiger partial charge is 0.492 e. The van der Waals surface area contributed by atoms with Gasteiger partial charge in [-0.05, 0) is 37.5 Å². The second-order valence-electron chi connectivity index (χ2n) is 6.28. The van der Waals surface area contributed by atoms with Crippen LogP contribution in [0.5, 0.6) is 5.75 Å². The molecule has 0 radical (unpaired) electrons. The lowest BCUT2D eigenvalue weighted by atomic mass is 9.84. The summed E-state index contributed by atoms with van der Waals surface area (Å²) in [6.45, 7) is 0.588. The Balaban J connectivity index is 1.66. The molecule has 1 saturated carbocycles. The molecule has 2 atom stereocenters. The van der Waals surface area contributed by atoms with E-state index in [0.29, 0.717) is 41.7 Å². The van der Waals surface area contributed by atoms with Crippen molar-refractivity contribution in [1.29, 1.82) is 0 Å². The van der Waals surface area contributed by atoms with Gasteiger partial charge in [0.25, 0.3) is 0 Å². The number of hydrogen-bond donors (Lipinski definition) is 2. The molecular weight excluding hydrogens is 365 g/mol. The van der Waals surface area contributed by atoms with Crippen molar-refractivity contribution in [3.8, 4) is 5.75 Å². The number of hydrogen-bond acceptors (Lipinski definition) is 4. The molecule has 0 bridgehead atoms. The molecule has 0 spiro atoms. The summed E-state index contributed by atoms with van der Waals surface area (Å²) in [5.74, 6) is -0.571. The first kappa shape index (κ1) is 20.0. The summed E-state index contributed by atoms with van der Waals surface area (Å²) in [5.41, 5.74) is 0. The Morgan fingerprint density at radius 3 is 2.72 bits per heavy atom. The Labute approximate surface area is 157 Å². The molecule has 5 nitrogen and oxygen atoms in total. The monoisotopic (exact) mass is 387 g/mol. The van der Waals surface area contributed by atoms with Gasteiger partial charge in [0.1, 0.15) is 11.5 Å². The summed E-state index contributed by atoms with van der Waals surface area (Å²) in [6.07, 6.45) is 4.38. The Morgan fingerprint density at radius 2 is 2.00 bits per heavy atom. The molecule has 7 heteroatoms. The van der Waals surface area contributed by atoms with Gasteiger partial charge in [-0.25, -0.2) is 0 Å². The van der Waals surface area contributed by atoms with Gasteiger partial charge < -0.3 is 15.2 Å². The predicted molar refractivity (Wildman–Crippen MR) is 97.6 cm³/mol. The van der Waals surface area contributed by atoms with Crippen LogP contribution in [-0.2, 0) is 9.59 Å². The van der Waals surface area contributed by atoms with Crippen LogP contribution in [0.4, 0.5) is 0 Å². The highest BCUT2D eigenvalue weighted by Gasteiger charge is 2.30. The highest BCUT2D eigenvalue weighted by Crippen LogP contribution is 2.27. The molecule has 1 fully saturated rings. The lowest BCUT2D eigenvalue weighted by Gasteiger charge is -2.29. The zero-order valence-corrected chi connectivity index (χ0v) is 15.5. The molecule has 0 aromatic heterocycles. The summed E-state index contributed by atoms with van der Waals surface area (Å²) >= 11 is 11.8. The van der Waals surface area contributed by atoms with Gasteiger partial charge in [-0.3, -0.25) is 9.59 Å². The number of carboxylic acid groups (broad SMARTS) is 1. The molecule has 2 N–H and O–H groups in total. The number of carboxylic acids is 1. The number of rotatable bonds is 9. The van der Waals surface area contributed by atoms with E-state index < -0.39 is 11.9 Å². The number of halogens is 2. The minimum atomic E-state index is -0.780. The van der Waals surface area contributed by atoms with E-state index in [-0.39, 0.29) is 18.4 Å². The molecule has 1 aliphatic carbocycles. The van der Waals surface area contributed by atoms with Crippen molar-refractivity contribution in [2.45, 2.75) is 44.6 Å². The summed E-state index contributed by atoms with van der Waals surface area (Å²) in [7, 11) is 0. The lowest BCUT2D eigenvalue weighted by molar-refractivity contribution is -0.144. The number of carbonyl (C=O) groups excluding carboxylic acids is 1. The highest BCUT2D eigenvalue weighted by molar-refractivity contribution is 6.35. The van der Waals surface area contributed by atoms with E-state index in [1.54, 1.807) is 18.2 Å². The van der Waals surface area contributed by atoms with Crippen LogP contribution in [0.1, 0.15) is 38.5 Å². The standard InChI is InChI=1S/C18H23Cl2NO4/c19-12-7-8-17(15(20)10-12)25-9-3-4-13(22)11-21-16-6-2-1-5-14(16)18(23)24/h7-8,10,14,16,21H,1-6,9,11H2,(H,23,24)/t14-,16-/m0/s1. The number of ether oxygens (including phenoxy) is 1. The topological polar surface area (TPSA) is 75.6 Å². The lowest BCUT2D eigenvalue weighted by Crippen LogP contribution is -2.44. The second-order valence-corrected chi connectivity index (χ2v) is 7.13. The molecule has 1 aromatic carbocycles. The van der Waals surface area contributed by atoms with Crippen LogP contribution in [0.2, 0.25) is 10.0 Å². The number of aliphatic carboxylic acids is 1. The minimum Gasteiger partial charge on any atom is -0.492 e. The smallest absolute Gasteiger partial charge is 0.308 e. The maximum Gasteiger partial charge on any atom is 0.308 e. The maximum atomic E-state index is 12.0. The van der Waals surface area contributed by atoms with Gasteiger partial charge in [0.05, 0.1) is 24.1 Å². The molecule has 0 heterocycles. The molecule has 1 aliphatic rings. The minimum absolute atomic E-state index is 0.0560. The Kier molecular flexibility index (Phi) is 8.00. The molecule has 1 aromatic rings. The van der Waals surface area contributed by atoms with E-state index in [9.17, 15) is 14.7 Å². The maximum absolute atomic E-state index is 12.0. The Morgan fingerprint density at radius 1 is 1.24 bits per heavy atom. The molecule has 0 aliphatic heterocycles. The number of benzene rings is 1. The number of Topliss-reactive ketones (excluding diaryl/α,β-unsaturated/α-hetero) is 1. The van der Waals surface area contributed by atoms with Crippen molar-refractivity contribution < 1.29 is 19.4 Å². The van der Waals surface area contributed by atoms with Gasteiger partial charge in [0, 0.05) is 17.5 Å². The molecule has 138 valence electrons. The van der Waals surface area contributed by atoms with Crippen LogP contribution in [0, 0.1) is 5.92 Å².